The van der Waals surface area contributed by atoms with E-state index in [9.17, 15) is 13.2 Å². The van der Waals surface area contributed by atoms with Gasteiger partial charge in [0.15, 0.2) is 0 Å². The second-order valence-electron chi connectivity index (χ2n) is 6.57. The fourth-order valence-corrected chi connectivity index (χ4v) is 4.56. The maximum Gasteiger partial charge on any atom is 0.223 e. The van der Waals surface area contributed by atoms with Gasteiger partial charge in [-0.05, 0) is 42.2 Å². The van der Waals surface area contributed by atoms with Crippen LogP contribution in [0.2, 0.25) is 0 Å². The van der Waals surface area contributed by atoms with Crippen molar-refractivity contribution in [3.8, 4) is 0 Å². The zero-order valence-electron chi connectivity index (χ0n) is 14.8. The zero-order valence-corrected chi connectivity index (χ0v) is 15.6. The largest absolute Gasteiger partial charge is 0.383 e. The predicted molar refractivity (Wildman–Crippen MR) is 98.6 cm³/mol. The van der Waals surface area contributed by atoms with E-state index in [2.05, 4.69) is 0 Å². The lowest BCUT2D eigenvalue weighted by atomic mass is 9.99. The monoisotopic (exact) mass is 373 g/mol. The SMILES string of the molecule is COCCN1C[C@@H](Cc2ccc(S(=O)(=O)c3ccccc3)cc2)CC1=O. The van der Waals surface area contributed by atoms with Crippen molar-refractivity contribution >= 4 is 15.7 Å². The molecule has 0 N–H and O–H groups in total. The minimum Gasteiger partial charge on any atom is -0.383 e. The number of rotatable bonds is 7. The number of hydrogen-bond acceptors (Lipinski definition) is 4. The van der Waals surface area contributed by atoms with Crippen molar-refractivity contribution in [2.75, 3.05) is 26.8 Å². The number of hydrogen-bond donors (Lipinski definition) is 0. The van der Waals surface area contributed by atoms with Gasteiger partial charge in [-0.15, -0.1) is 0 Å². The molecule has 1 aliphatic rings. The minimum absolute atomic E-state index is 0.162. The Kier molecular flexibility index (Phi) is 5.74. The van der Waals surface area contributed by atoms with E-state index >= 15 is 0 Å². The van der Waals surface area contributed by atoms with Crippen LogP contribution in [0.25, 0.3) is 0 Å². The normalized spacial score (nSPS) is 17.7. The van der Waals surface area contributed by atoms with Crippen LogP contribution in [0.1, 0.15) is 12.0 Å². The van der Waals surface area contributed by atoms with Crippen molar-refractivity contribution in [2.45, 2.75) is 22.6 Å². The van der Waals surface area contributed by atoms with Crippen molar-refractivity contribution in [3.63, 3.8) is 0 Å². The number of ether oxygens (including phenoxy) is 1. The first-order chi connectivity index (χ1) is 12.5. The summed E-state index contributed by atoms with van der Waals surface area (Å²) in [5, 5.41) is 0. The van der Waals surface area contributed by atoms with Gasteiger partial charge in [-0.25, -0.2) is 8.42 Å². The lowest BCUT2D eigenvalue weighted by Gasteiger charge is -2.16. The Morgan fingerprint density at radius 1 is 1.04 bits per heavy atom. The van der Waals surface area contributed by atoms with Crippen LogP contribution in [-0.4, -0.2) is 46.0 Å². The quantitative estimate of drug-likeness (QED) is 0.748. The third-order valence-corrected chi connectivity index (χ3v) is 6.46. The molecule has 1 aliphatic heterocycles. The second-order valence-corrected chi connectivity index (χ2v) is 8.52. The highest BCUT2D eigenvalue weighted by atomic mass is 32.2. The van der Waals surface area contributed by atoms with Crippen LogP contribution in [0.4, 0.5) is 0 Å². The van der Waals surface area contributed by atoms with Crippen LogP contribution in [0.5, 0.6) is 0 Å². The van der Waals surface area contributed by atoms with Gasteiger partial charge in [0.25, 0.3) is 0 Å². The van der Waals surface area contributed by atoms with E-state index in [4.69, 9.17) is 4.74 Å². The molecule has 6 heteroatoms. The lowest BCUT2D eigenvalue weighted by Crippen LogP contribution is -2.28. The molecule has 0 spiro atoms. The fraction of sp³-hybridized carbons (Fsp3) is 0.350. The van der Waals surface area contributed by atoms with Crippen LogP contribution in [0.15, 0.2) is 64.4 Å². The summed E-state index contributed by atoms with van der Waals surface area (Å²) in [6.45, 7) is 1.90. The summed E-state index contributed by atoms with van der Waals surface area (Å²) in [7, 11) is -1.86. The summed E-state index contributed by atoms with van der Waals surface area (Å²) >= 11 is 0. The summed E-state index contributed by atoms with van der Waals surface area (Å²) in [6, 6.07) is 15.4. The molecule has 138 valence electrons. The smallest absolute Gasteiger partial charge is 0.223 e. The maximum absolute atomic E-state index is 12.6. The highest BCUT2D eigenvalue weighted by molar-refractivity contribution is 7.91. The van der Waals surface area contributed by atoms with Gasteiger partial charge in [0.1, 0.15) is 0 Å². The Morgan fingerprint density at radius 3 is 2.35 bits per heavy atom. The Hall–Kier alpha value is -2.18. The van der Waals surface area contributed by atoms with Gasteiger partial charge in [0.05, 0.1) is 16.4 Å². The van der Waals surface area contributed by atoms with E-state index in [1.54, 1.807) is 49.6 Å². The molecule has 0 unspecified atom stereocenters. The molecule has 0 aromatic heterocycles. The van der Waals surface area contributed by atoms with Gasteiger partial charge >= 0.3 is 0 Å². The molecule has 0 aliphatic carbocycles. The summed E-state index contributed by atoms with van der Waals surface area (Å²) in [4.78, 5) is 14.4. The van der Waals surface area contributed by atoms with Crippen LogP contribution >= 0.6 is 0 Å². The number of likely N-dealkylation sites (tertiary alicyclic amines) is 1. The molecule has 3 rings (SSSR count). The van der Waals surface area contributed by atoms with Crippen molar-refractivity contribution < 1.29 is 17.9 Å². The average Bonchev–Trinajstić information content (AvgIpc) is 3.00. The van der Waals surface area contributed by atoms with Crippen LogP contribution in [0, 0.1) is 5.92 Å². The Morgan fingerprint density at radius 2 is 1.69 bits per heavy atom. The zero-order chi connectivity index (χ0) is 18.6. The summed E-state index contributed by atoms with van der Waals surface area (Å²) in [5.41, 5.74) is 1.04. The molecular formula is C20H23NO4S. The fourth-order valence-electron chi connectivity index (χ4n) is 3.28. The van der Waals surface area contributed by atoms with Crippen LogP contribution in [-0.2, 0) is 25.8 Å². The highest BCUT2D eigenvalue weighted by Gasteiger charge is 2.29. The maximum atomic E-state index is 12.6. The number of sulfone groups is 1. The van der Waals surface area contributed by atoms with E-state index < -0.39 is 9.84 Å². The second kappa shape index (κ2) is 8.01. The first-order valence-electron chi connectivity index (χ1n) is 8.66. The van der Waals surface area contributed by atoms with Gasteiger partial charge in [-0.2, -0.15) is 0 Å². The molecule has 26 heavy (non-hydrogen) atoms. The predicted octanol–water partition coefficient (Wildman–Crippen LogP) is 2.56. The molecule has 0 saturated carbocycles. The number of methoxy groups -OCH3 is 1. The van der Waals surface area contributed by atoms with Gasteiger partial charge in [-0.3, -0.25) is 4.79 Å². The van der Waals surface area contributed by atoms with Gasteiger partial charge < -0.3 is 9.64 Å². The number of carbonyl (C=O) groups is 1. The van der Waals surface area contributed by atoms with E-state index in [0.29, 0.717) is 24.5 Å². The average molecular weight is 373 g/mol. The van der Waals surface area contributed by atoms with E-state index in [0.717, 1.165) is 18.5 Å². The van der Waals surface area contributed by atoms with Crippen molar-refractivity contribution in [1.29, 1.82) is 0 Å². The van der Waals surface area contributed by atoms with Crippen LogP contribution in [0.3, 0.4) is 0 Å². The van der Waals surface area contributed by atoms with Gasteiger partial charge in [-0.1, -0.05) is 30.3 Å². The number of carbonyl (C=O) groups excluding carboxylic acids is 1. The van der Waals surface area contributed by atoms with Gasteiger partial charge in [0.2, 0.25) is 15.7 Å². The van der Waals surface area contributed by atoms with E-state index in [1.165, 1.54) is 0 Å². The Balaban J connectivity index is 1.66. The molecule has 2 aromatic rings. The molecule has 1 heterocycles. The molecule has 1 atom stereocenters. The summed E-state index contributed by atoms with van der Waals surface area (Å²) in [6.07, 6.45) is 1.30. The lowest BCUT2D eigenvalue weighted by molar-refractivity contribution is -0.128. The Labute approximate surface area is 154 Å². The van der Waals surface area contributed by atoms with E-state index in [-0.39, 0.29) is 16.7 Å². The number of nitrogens with zero attached hydrogens (tertiary/aromatic N) is 1. The standard InChI is InChI=1S/C20H23NO4S/c1-25-12-11-21-15-17(14-20(21)22)13-16-7-9-19(10-8-16)26(23,24)18-5-3-2-4-6-18/h2-10,17H,11-15H2,1H3/t17-/m0/s1. The molecular weight excluding hydrogens is 350 g/mol. The molecule has 2 aromatic carbocycles. The first kappa shape index (κ1) is 18.6. The summed E-state index contributed by atoms with van der Waals surface area (Å²) < 4.78 is 30.3. The number of benzene rings is 2. The third kappa shape index (κ3) is 4.14. The molecule has 5 nitrogen and oxygen atoms in total. The van der Waals surface area contributed by atoms with Crippen LogP contribution < -0.4 is 0 Å². The topological polar surface area (TPSA) is 63.7 Å². The van der Waals surface area contributed by atoms with Crippen molar-refractivity contribution in [3.05, 3.63) is 60.2 Å². The van der Waals surface area contributed by atoms with Crippen molar-refractivity contribution in [2.24, 2.45) is 5.92 Å². The molecule has 1 amide bonds. The highest BCUT2D eigenvalue weighted by Crippen LogP contribution is 2.24. The number of amides is 1. The third-order valence-electron chi connectivity index (χ3n) is 4.67. The summed E-state index contributed by atoms with van der Waals surface area (Å²) in [5.74, 6) is 0.422. The molecule has 0 radical (unpaired) electrons. The van der Waals surface area contributed by atoms with E-state index in [1.807, 2.05) is 17.0 Å². The molecule has 1 saturated heterocycles. The molecule has 1 fully saturated rings. The minimum atomic E-state index is -3.49. The first-order valence-corrected chi connectivity index (χ1v) is 10.1. The van der Waals surface area contributed by atoms with Gasteiger partial charge in [0, 0.05) is 26.6 Å². The molecule has 0 bridgehead atoms. The van der Waals surface area contributed by atoms with Crippen molar-refractivity contribution in [1.82, 2.24) is 4.90 Å². The Bertz CT molecular complexity index is 847.